The van der Waals surface area contributed by atoms with E-state index in [0.717, 1.165) is 17.7 Å². The van der Waals surface area contributed by atoms with Crippen molar-refractivity contribution in [3.05, 3.63) is 23.3 Å². The number of hydrogen-bond acceptors (Lipinski definition) is 4. The highest BCUT2D eigenvalue weighted by Crippen LogP contribution is 2.36. The summed E-state index contributed by atoms with van der Waals surface area (Å²) >= 11 is 0. The maximum Gasteiger partial charge on any atom is 0.167 e. The Morgan fingerprint density at radius 2 is 1.78 bits per heavy atom. The molecular weight excluding hydrogens is 230 g/mol. The molecule has 0 saturated heterocycles. The maximum atomic E-state index is 9.38. The van der Waals surface area contributed by atoms with Crippen molar-refractivity contribution in [1.82, 2.24) is 4.90 Å². The molecule has 0 spiro atoms. The van der Waals surface area contributed by atoms with Gasteiger partial charge in [-0.2, -0.15) is 0 Å². The van der Waals surface area contributed by atoms with E-state index in [1.54, 1.807) is 7.11 Å². The zero-order valence-corrected chi connectivity index (χ0v) is 11.9. The van der Waals surface area contributed by atoms with Gasteiger partial charge in [-0.15, -0.1) is 0 Å². The Morgan fingerprint density at radius 1 is 1.17 bits per heavy atom. The van der Waals surface area contributed by atoms with Crippen LogP contribution >= 0.6 is 0 Å². The SMILES string of the molecule is COc1c(CN(C)C)ccc(CO)c1OC(C)C. The number of methoxy groups -OCH3 is 1. The Bertz CT molecular complexity index is 389. The van der Waals surface area contributed by atoms with Crippen molar-refractivity contribution >= 4 is 0 Å². The molecule has 0 bridgehead atoms. The fourth-order valence-electron chi connectivity index (χ4n) is 1.82. The average Bonchev–Trinajstić information content (AvgIpc) is 2.28. The summed E-state index contributed by atoms with van der Waals surface area (Å²) in [5.74, 6) is 1.36. The van der Waals surface area contributed by atoms with E-state index in [4.69, 9.17) is 9.47 Å². The monoisotopic (exact) mass is 253 g/mol. The van der Waals surface area contributed by atoms with Gasteiger partial charge in [0.2, 0.25) is 0 Å². The van der Waals surface area contributed by atoms with E-state index < -0.39 is 0 Å². The van der Waals surface area contributed by atoms with Gasteiger partial charge in [0.15, 0.2) is 11.5 Å². The molecule has 102 valence electrons. The number of ether oxygens (including phenoxy) is 2. The summed E-state index contributed by atoms with van der Waals surface area (Å²) in [4.78, 5) is 2.07. The predicted molar refractivity (Wildman–Crippen MR) is 72.1 cm³/mol. The van der Waals surface area contributed by atoms with E-state index in [9.17, 15) is 5.11 Å². The van der Waals surface area contributed by atoms with Crippen molar-refractivity contribution in [2.75, 3.05) is 21.2 Å². The van der Waals surface area contributed by atoms with Crippen LogP contribution in [-0.2, 0) is 13.2 Å². The highest BCUT2D eigenvalue weighted by molar-refractivity contribution is 5.52. The zero-order chi connectivity index (χ0) is 13.7. The van der Waals surface area contributed by atoms with Gasteiger partial charge in [0.05, 0.1) is 19.8 Å². The topological polar surface area (TPSA) is 41.9 Å². The Kier molecular flexibility index (Phi) is 5.44. The molecule has 4 heteroatoms. The Labute approximate surface area is 109 Å². The molecule has 1 rings (SSSR count). The van der Waals surface area contributed by atoms with Crippen LogP contribution in [0.2, 0.25) is 0 Å². The second kappa shape index (κ2) is 6.61. The van der Waals surface area contributed by atoms with Crippen LogP contribution in [0.4, 0.5) is 0 Å². The molecule has 0 unspecified atom stereocenters. The van der Waals surface area contributed by atoms with Crippen LogP contribution in [0.15, 0.2) is 12.1 Å². The highest BCUT2D eigenvalue weighted by Gasteiger charge is 2.16. The first-order chi connectivity index (χ1) is 8.49. The average molecular weight is 253 g/mol. The molecule has 0 aromatic heterocycles. The first-order valence-electron chi connectivity index (χ1n) is 6.10. The summed E-state index contributed by atoms with van der Waals surface area (Å²) in [6.45, 7) is 4.63. The van der Waals surface area contributed by atoms with E-state index in [1.165, 1.54) is 0 Å². The largest absolute Gasteiger partial charge is 0.493 e. The van der Waals surface area contributed by atoms with Crippen LogP contribution in [-0.4, -0.2) is 37.3 Å². The molecule has 0 radical (unpaired) electrons. The lowest BCUT2D eigenvalue weighted by molar-refractivity contribution is 0.214. The molecule has 0 aliphatic carbocycles. The summed E-state index contributed by atoms with van der Waals surface area (Å²) in [6.07, 6.45) is 0.0406. The van der Waals surface area contributed by atoms with E-state index in [2.05, 4.69) is 4.90 Å². The van der Waals surface area contributed by atoms with Crippen molar-refractivity contribution in [3.8, 4) is 11.5 Å². The van der Waals surface area contributed by atoms with Gasteiger partial charge in [-0.3, -0.25) is 0 Å². The summed E-state index contributed by atoms with van der Waals surface area (Å²) in [5.41, 5.74) is 1.80. The first-order valence-corrected chi connectivity index (χ1v) is 6.10. The lowest BCUT2D eigenvalue weighted by atomic mass is 10.1. The van der Waals surface area contributed by atoms with Crippen LogP contribution in [0.1, 0.15) is 25.0 Å². The molecule has 0 fully saturated rings. The van der Waals surface area contributed by atoms with Gasteiger partial charge in [-0.1, -0.05) is 12.1 Å². The number of hydrogen-bond donors (Lipinski definition) is 1. The summed E-state index contributed by atoms with van der Waals surface area (Å²) < 4.78 is 11.2. The molecule has 1 aromatic rings. The van der Waals surface area contributed by atoms with Gasteiger partial charge in [-0.05, 0) is 27.9 Å². The molecule has 0 amide bonds. The Balaban J connectivity index is 3.23. The minimum absolute atomic E-state index is 0.0406. The standard InChI is InChI=1S/C14H23NO3/c1-10(2)18-14-12(9-16)7-6-11(8-15(3)4)13(14)17-5/h6-7,10,16H,8-9H2,1-5H3. The second-order valence-electron chi connectivity index (χ2n) is 4.81. The number of aliphatic hydroxyl groups is 1. The fraction of sp³-hybridized carbons (Fsp3) is 0.571. The third-order valence-corrected chi connectivity index (χ3v) is 2.49. The number of benzene rings is 1. The quantitative estimate of drug-likeness (QED) is 0.842. The predicted octanol–water partition coefficient (Wildman–Crippen LogP) is 2.04. The zero-order valence-electron chi connectivity index (χ0n) is 11.9. The van der Waals surface area contributed by atoms with E-state index in [-0.39, 0.29) is 12.7 Å². The van der Waals surface area contributed by atoms with Crippen LogP contribution in [0.3, 0.4) is 0 Å². The molecule has 1 aromatic carbocycles. The van der Waals surface area contributed by atoms with Crippen LogP contribution < -0.4 is 9.47 Å². The van der Waals surface area contributed by atoms with E-state index in [1.807, 2.05) is 40.1 Å². The van der Waals surface area contributed by atoms with Crippen LogP contribution in [0.5, 0.6) is 11.5 Å². The molecule has 18 heavy (non-hydrogen) atoms. The summed E-state index contributed by atoms with van der Waals surface area (Å²) in [6, 6.07) is 3.86. The minimum atomic E-state index is -0.0549. The van der Waals surface area contributed by atoms with Gasteiger partial charge in [-0.25, -0.2) is 0 Å². The normalized spacial score (nSPS) is 11.1. The molecule has 4 nitrogen and oxygen atoms in total. The van der Waals surface area contributed by atoms with Gasteiger partial charge >= 0.3 is 0 Å². The lowest BCUT2D eigenvalue weighted by Gasteiger charge is -2.20. The molecule has 0 atom stereocenters. The smallest absolute Gasteiger partial charge is 0.167 e. The van der Waals surface area contributed by atoms with Crippen molar-refractivity contribution in [2.24, 2.45) is 0 Å². The molecular formula is C14H23NO3. The van der Waals surface area contributed by atoms with Crippen LogP contribution in [0.25, 0.3) is 0 Å². The minimum Gasteiger partial charge on any atom is -0.493 e. The number of nitrogens with zero attached hydrogens (tertiary/aromatic N) is 1. The molecule has 0 aliphatic rings. The second-order valence-corrected chi connectivity index (χ2v) is 4.81. The third kappa shape index (κ3) is 3.62. The summed E-state index contributed by atoms with van der Waals surface area (Å²) in [5, 5.41) is 9.38. The number of aliphatic hydroxyl groups excluding tert-OH is 1. The molecule has 0 aliphatic heterocycles. The first kappa shape index (κ1) is 14.8. The number of rotatable bonds is 6. The van der Waals surface area contributed by atoms with Crippen molar-refractivity contribution in [2.45, 2.75) is 33.1 Å². The molecule has 0 saturated carbocycles. The molecule has 1 N–H and O–H groups in total. The van der Waals surface area contributed by atoms with Gasteiger partial charge in [0.25, 0.3) is 0 Å². The van der Waals surface area contributed by atoms with Crippen molar-refractivity contribution in [1.29, 1.82) is 0 Å². The maximum absolute atomic E-state index is 9.38. The lowest BCUT2D eigenvalue weighted by Crippen LogP contribution is -2.14. The van der Waals surface area contributed by atoms with Gasteiger partial charge in [0.1, 0.15) is 0 Å². The third-order valence-electron chi connectivity index (χ3n) is 2.49. The van der Waals surface area contributed by atoms with E-state index in [0.29, 0.717) is 11.5 Å². The Hall–Kier alpha value is -1.26. The van der Waals surface area contributed by atoms with E-state index >= 15 is 0 Å². The fourth-order valence-corrected chi connectivity index (χ4v) is 1.82. The van der Waals surface area contributed by atoms with Crippen molar-refractivity contribution < 1.29 is 14.6 Å². The highest BCUT2D eigenvalue weighted by atomic mass is 16.5. The molecule has 0 heterocycles. The van der Waals surface area contributed by atoms with Gasteiger partial charge in [0, 0.05) is 17.7 Å². The Morgan fingerprint density at radius 3 is 2.22 bits per heavy atom. The van der Waals surface area contributed by atoms with Gasteiger partial charge < -0.3 is 19.5 Å². The summed E-state index contributed by atoms with van der Waals surface area (Å²) in [7, 11) is 5.63. The van der Waals surface area contributed by atoms with Crippen LogP contribution in [0, 0.1) is 0 Å². The van der Waals surface area contributed by atoms with Crippen molar-refractivity contribution in [3.63, 3.8) is 0 Å².